The van der Waals surface area contributed by atoms with Gasteiger partial charge >= 0.3 is 0 Å². The molecular formula is C22H33N3O2. The number of hydrogen-bond donors (Lipinski definition) is 0. The molecule has 1 aromatic carbocycles. The molecular weight excluding hydrogens is 338 g/mol. The van der Waals surface area contributed by atoms with Gasteiger partial charge in [-0.2, -0.15) is 0 Å². The molecule has 0 aliphatic carbocycles. The molecule has 2 saturated heterocycles. The Morgan fingerprint density at radius 1 is 1.15 bits per heavy atom. The zero-order valence-corrected chi connectivity index (χ0v) is 17.1. The summed E-state index contributed by atoms with van der Waals surface area (Å²) >= 11 is 0. The minimum atomic E-state index is -0.157. The Morgan fingerprint density at radius 3 is 2.37 bits per heavy atom. The van der Waals surface area contributed by atoms with E-state index in [0.29, 0.717) is 25.4 Å². The summed E-state index contributed by atoms with van der Waals surface area (Å²) in [6.45, 7) is 6.78. The topological polar surface area (TPSA) is 43.9 Å². The Labute approximate surface area is 163 Å². The maximum atomic E-state index is 13.5. The van der Waals surface area contributed by atoms with Crippen molar-refractivity contribution in [3.05, 3.63) is 35.4 Å². The first kappa shape index (κ1) is 19.9. The van der Waals surface area contributed by atoms with Gasteiger partial charge in [0.25, 0.3) is 0 Å². The van der Waals surface area contributed by atoms with Gasteiger partial charge in [-0.1, -0.05) is 29.8 Å². The lowest BCUT2D eigenvalue weighted by Gasteiger charge is -2.43. The summed E-state index contributed by atoms with van der Waals surface area (Å²) < 4.78 is 0. The first-order valence-electron chi connectivity index (χ1n) is 10.2. The molecule has 148 valence electrons. The van der Waals surface area contributed by atoms with E-state index in [0.717, 1.165) is 31.5 Å². The maximum Gasteiger partial charge on any atom is 0.228 e. The minimum absolute atomic E-state index is 0.155. The number of hydrogen-bond acceptors (Lipinski definition) is 3. The molecule has 2 aliphatic rings. The van der Waals surface area contributed by atoms with Gasteiger partial charge in [0.05, 0.1) is 12.0 Å². The van der Waals surface area contributed by atoms with E-state index < -0.39 is 0 Å². The third-order valence-corrected chi connectivity index (χ3v) is 6.37. The molecule has 2 amide bonds. The molecule has 0 radical (unpaired) electrons. The van der Waals surface area contributed by atoms with E-state index in [4.69, 9.17) is 0 Å². The van der Waals surface area contributed by atoms with Crippen LogP contribution in [0.1, 0.15) is 49.8 Å². The van der Waals surface area contributed by atoms with Crippen LogP contribution >= 0.6 is 0 Å². The van der Waals surface area contributed by atoms with Crippen molar-refractivity contribution in [1.29, 1.82) is 0 Å². The van der Waals surface area contributed by atoms with E-state index >= 15 is 0 Å². The number of carbonyl (C=O) groups excluding carboxylic acids is 2. The SMILES string of the molecule is CCN1C(=O)CC[C@@H](C(=O)N(C)C2CCN(C)CC2)[C@@H]1c1ccc(C)cc1. The predicted molar refractivity (Wildman–Crippen MR) is 107 cm³/mol. The van der Waals surface area contributed by atoms with E-state index in [2.05, 4.69) is 43.1 Å². The smallest absolute Gasteiger partial charge is 0.228 e. The Bertz CT molecular complexity index is 665. The molecule has 2 heterocycles. The van der Waals surface area contributed by atoms with Gasteiger partial charge in [-0.15, -0.1) is 0 Å². The molecule has 0 aromatic heterocycles. The number of benzene rings is 1. The molecule has 1 aromatic rings. The van der Waals surface area contributed by atoms with Crippen molar-refractivity contribution in [2.75, 3.05) is 33.7 Å². The van der Waals surface area contributed by atoms with Crippen LogP contribution in [-0.4, -0.2) is 66.3 Å². The van der Waals surface area contributed by atoms with Crippen molar-refractivity contribution >= 4 is 11.8 Å². The van der Waals surface area contributed by atoms with E-state index in [1.54, 1.807) is 0 Å². The fourth-order valence-corrected chi connectivity index (χ4v) is 4.58. The Kier molecular flexibility index (Phi) is 6.20. The van der Waals surface area contributed by atoms with Crippen LogP contribution in [0.15, 0.2) is 24.3 Å². The lowest BCUT2D eigenvalue weighted by atomic mass is 9.82. The summed E-state index contributed by atoms with van der Waals surface area (Å²) in [5.41, 5.74) is 2.26. The zero-order valence-electron chi connectivity index (χ0n) is 17.1. The van der Waals surface area contributed by atoms with Gasteiger partial charge in [-0.3, -0.25) is 9.59 Å². The lowest BCUT2D eigenvalue weighted by Crippen LogP contribution is -2.51. The fourth-order valence-electron chi connectivity index (χ4n) is 4.58. The van der Waals surface area contributed by atoms with Gasteiger partial charge in [0.2, 0.25) is 11.8 Å². The summed E-state index contributed by atoms with van der Waals surface area (Å²) in [4.78, 5) is 32.2. The molecule has 0 saturated carbocycles. The van der Waals surface area contributed by atoms with Crippen LogP contribution in [0.25, 0.3) is 0 Å². The fraction of sp³-hybridized carbons (Fsp3) is 0.636. The first-order valence-corrected chi connectivity index (χ1v) is 10.2. The number of nitrogens with zero attached hydrogens (tertiary/aromatic N) is 3. The molecule has 2 aliphatic heterocycles. The molecule has 0 unspecified atom stereocenters. The number of amides is 2. The van der Waals surface area contributed by atoms with Gasteiger partial charge < -0.3 is 14.7 Å². The van der Waals surface area contributed by atoms with Crippen LogP contribution < -0.4 is 0 Å². The molecule has 0 spiro atoms. The van der Waals surface area contributed by atoms with Crippen molar-refractivity contribution in [1.82, 2.24) is 14.7 Å². The molecule has 0 bridgehead atoms. The molecule has 5 heteroatoms. The van der Waals surface area contributed by atoms with Gasteiger partial charge in [-0.25, -0.2) is 0 Å². The first-order chi connectivity index (χ1) is 12.9. The van der Waals surface area contributed by atoms with Crippen LogP contribution in [0, 0.1) is 12.8 Å². The van der Waals surface area contributed by atoms with Crippen molar-refractivity contribution in [2.24, 2.45) is 5.92 Å². The maximum absolute atomic E-state index is 13.5. The molecule has 27 heavy (non-hydrogen) atoms. The number of likely N-dealkylation sites (tertiary alicyclic amines) is 2. The quantitative estimate of drug-likeness (QED) is 0.817. The standard InChI is InChI=1S/C22H33N3O2/c1-5-25-20(26)11-10-19(21(25)17-8-6-16(2)7-9-17)22(27)24(4)18-12-14-23(3)15-13-18/h6-9,18-19,21H,5,10-15H2,1-4H3/t19-,21+/m1/s1. The summed E-state index contributed by atoms with van der Waals surface area (Å²) in [5, 5.41) is 0. The highest BCUT2D eigenvalue weighted by Gasteiger charge is 2.42. The Balaban J connectivity index is 1.85. The second-order valence-corrected chi connectivity index (χ2v) is 8.16. The highest BCUT2D eigenvalue weighted by molar-refractivity contribution is 5.85. The molecule has 2 fully saturated rings. The van der Waals surface area contributed by atoms with Gasteiger partial charge in [0, 0.05) is 26.1 Å². The van der Waals surface area contributed by atoms with Crippen LogP contribution in [0.5, 0.6) is 0 Å². The van der Waals surface area contributed by atoms with E-state index in [1.807, 2.05) is 23.8 Å². The summed E-state index contributed by atoms with van der Waals surface area (Å²) in [6, 6.07) is 8.46. The molecule has 0 N–H and O–H groups in total. The lowest BCUT2D eigenvalue weighted by molar-refractivity contribution is -0.148. The highest BCUT2D eigenvalue weighted by Crippen LogP contribution is 2.38. The van der Waals surface area contributed by atoms with Crippen molar-refractivity contribution in [3.63, 3.8) is 0 Å². The van der Waals surface area contributed by atoms with Crippen molar-refractivity contribution in [3.8, 4) is 0 Å². The third kappa shape index (κ3) is 4.18. The van der Waals surface area contributed by atoms with E-state index in [9.17, 15) is 9.59 Å². The normalized spacial score (nSPS) is 24.9. The van der Waals surface area contributed by atoms with Gasteiger partial charge in [0.15, 0.2) is 0 Å². The largest absolute Gasteiger partial charge is 0.342 e. The molecule has 5 nitrogen and oxygen atoms in total. The van der Waals surface area contributed by atoms with Crippen LogP contribution in [0.4, 0.5) is 0 Å². The summed E-state index contributed by atoms with van der Waals surface area (Å²) in [5.74, 6) is 0.199. The number of piperidine rings is 2. The van der Waals surface area contributed by atoms with Gasteiger partial charge in [0.1, 0.15) is 0 Å². The van der Waals surface area contributed by atoms with Gasteiger partial charge in [-0.05, 0) is 58.8 Å². The minimum Gasteiger partial charge on any atom is -0.342 e. The number of carbonyl (C=O) groups is 2. The molecule has 3 rings (SSSR count). The monoisotopic (exact) mass is 371 g/mol. The average molecular weight is 372 g/mol. The van der Waals surface area contributed by atoms with Crippen molar-refractivity contribution < 1.29 is 9.59 Å². The average Bonchev–Trinajstić information content (AvgIpc) is 2.68. The Hall–Kier alpha value is -1.88. The molecule has 2 atom stereocenters. The van der Waals surface area contributed by atoms with Crippen LogP contribution in [0.3, 0.4) is 0 Å². The summed E-state index contributed by atoms with van der Waals surface area (Å²) in [7, 11) is 4.09. The van der Waals surface area contributed by atoms with Crippen LogP contribution in [0.2, 0.25) is 0 Å². The summed E-state index contributed by atoms with van der Waals surface area (Å²) in [6.07, 6.45) is 3.16. The second kappa shape index (κ2) is 8.42. The van der Waals surface area contributed by atoms with E-state index in [1.165, 1.54) is 5.56 Å². The Morgan fingerprint density at radius 2 is 1.78 bits per heavy atom. The highest BCUT2D eigenvalue weighted by atomic mass is 16.2. The predicted octanol–water partition coefficient (Wildman–Crippen LogP) is 2.85. The third-order valence-electron chi connectivity index (χ3n) is 6.37. The second-order valence-electron chi connectivity index (χ2n) is 8.16. The van der Waals surface area contributed by atoms with Crippen molar-refractivity contribution in [2.45, 2.75) is 51.6 Å². The van der Waals surface area contributed by atoms with Crippen LogP contribution in [-0.2, 0) is 9.59 Å². The number of rotatable bonds is 4. The zero-order chi connectivity index (χ0) is 19.6. The van der Waals surface area contributed by atoms with E-state index in [-0.39, 0.29) is 23.8 Å². The number of aryl methyl sites for hydroxylation is 1.